The number of hydrogen-bond acceptors (Lipinski definition) is 3. The predicted octanol–water partition coefficient (Wildman–Crippen LogP) is 2.89. The van der Waals surface area contributed by atoms with Gasteiger partial charge in [-0.3, -0.25) is 0 Å². The van der Waals surface area contributed by atoms with E-state index in [-0.39, 0.29) is 0 Å². The minimum atomic E-state index is 0.694. The molecule has 0 atom stereocenters. The topological polar surface area (TPSA) is 22.1 Å². The first-order chi connectivity index (χ1) is 8.38. The van der Waals surface area contributed by atoms with E-state index in [4.69, 9.17) is 3.79 Å². The van der Waals surface area contributed by atoms with Gasteiger partial charge in [0.1, 0.15) is 5.01 Å². The lowest BCUT2D eigenvalue weighted by atomic mass is 10.2. The molecule has 1 aromatic heterocycles. The third-order valence-corrected chi connectivity index (χ3v) is 4.14. The highest BCUT2D eigenvalue weighted by Crippen LogP contribution is 2.35. The molecule has 0 amide bonds. The quantitative estimate of drug-likeness (QED) is 0.657. The van der Waals surface area contributed by atoms with Crippen molar-refractivity contribution >= 4 is 38.2 Å². The fraction of sp³-hybridized carbons (Fsp3) is 0. The van der Waals surface area contributed by atoms with Crippen molar-refractivity contribution in [3.05, 3.63) is 48.5 Å². The van der Waals surface area contributed by atoms with Gasteiger partial charge in [-0.2, -0.15) is 0 Å². The molecule has 83 valence electrons. The van der Waals surface area contributed by atoms with Gasteiger partial charge in [0, 0.05) is 5.56 Å². The van der Waals surface area contributed by atoms with E-state index in [9.17, 15) is 0 Å². The van der Waals surface area contributed by atoms with Crippen LogP contribution in [0.5, 0.6) is 5.75 Å². The van der Waals surface area contributed by atoms with Gasteiger partial charge in [0.2, 0.25) is 0 Å². The molecule has 0 bridgehead atoms. The molecule has 0 saturated carbocycles. The van der Waals surface area contributed by atoms with Crippen LogP contribution in [-0.2, 0) is 0 Å². The maximum Gasteiger partial charge on any atom is 0.168 e. The maximum atomic E-state index is 5.50. The molecule has 1 heterocycles. The lowest BCUT2D eigenvalue weighted by Crippen LogP contribution is -1.88. The Bertz CT molecular complexity index is 632. The maximum absolute atomic E-state index is 5.50. The first-order valence-corrected chi connectivity index (χ1v) is 7.01. The van der Waals surface area contributed by atoms with E-state index < -0.39 is 0 Å². The number of para-hydroxylation sites is 2. The normalized spacial score (nSPS) is 10.6. The van der Waals surface area contributed by atoms with E-state index in [1.165, 1.54) is 4.70 Å². The summed E-state index contributed by atoms with van der Waals surface area (Å²) in [6, 6.07) is 16.3. The van der Waals surface area contributed by atoms with Crippen molar-refractivity contribution < 1.29 is 3.79 Å². The molecule has 0 unspecified atom stereocenters. The van der Waals surface area contributed by atoms with E-state index in [2.05, 4.69) is 17.1 Å². The molecule has 2 aromatic carbocycles. The minimum absolute atomic E-state index is 0.694. The van der Waals surface area contributed by atoms with Crippen LogP contribution in [0.15, 0.2) is 48.5 Å². The van der Waals surface area contributed by atoms with Crippen molar-refractivity contribution in [2.45, 2.75) is 0 Å². The molecule has 3 aromatic rings. The van der Waals surface area contributed by atoms with E-state index in [0.717, 1.165) is 21.8 Å². The van der Waals surface area contributed by atoms with E-state index >= 15 is 0 Å². The molecular weight excluding hydrogens is 245 g/mol. The summed E-state index contributed by atoms with van der Waals surface area (Å²) < 4.78 is 6.71. The Labute approximate surface area is 112 Å². The first-order valence-electron chi connectivity index (χ1n) is 5.37. The van der Waals surface area contributed by atoms with E-state index in [0.29, 0.717) is 16.6 Å². The van der Waals surface area contributed by atoms with Crippen LogP contribution in [0.2, 0.25) is 0 Å². The molecule has 0 aliphatic carbocycles. The Kier molecular flexibility index (Phi) is 2.86. The molecule has 4 heteroatoms. The Hall–Kier alpha value is -1.34. The second-order valence-electron chi connectivity index (χ2n) is 3.69. The van der Waals surface area contributed by atoms with Crippen molar-refractivity contribution in [1.29, 1.82) is 0 Å². The summed E-state index contributed by atoms with van der Waals surface area (Å²) in [7, 11) is 0. The number of nitrogens with zero attached hydrogens (tertiary/aromatic N) is 1. The lowest BCUT2D eigenvalue weighted by Gasteiger charge is -2.13. The van der Waals surface area contributed by atoms with Crippen LogP contribution in [0, 0.1) is 0 Å². The summed E-state index contributed by atoms with van der Waals surface area (Å²) in [5.74, 6) is 0.929. The van der Waals surface area contributed by atoms with Crippen LogP contribution in [0.3, 0.4) is 0 Å². The van der Waals surface area contributed by atoms with Gasteiger partial charge < -0.3 is 3.79 Å². The molecule has 0 spiro atoms. The van der Waals surface area contributed by atoms with Crippen molar-refractivity contribution in [1.82, 2.24) is 4.98 Å². The first kappa shape index (κ1) is 10.8. The van der Waals surface area contributed by atoms with Gasteiger partial charge in [-0.25, -0.2) is 4.98 Å². The summed E-state index contributed by atoms with van der Waals surface area (Å²) in [5.41, 5.74) is 2.14. The number of hydrogen-bond donors (Lipinski definition) is 0. The smallest absolute Gasteiger partial charge is 0.168 e. The molecular formula is C13H10AlNOS-. The molecule has 0 aliphatic rings. The van der Waals surface area contributed by atoms with Crippen LogP contribution in [-0.4, -0.2) is 21.6 Å². The monoisotopic (exact) mass is 255 g/mol. The summed E-state index contributed by atoms with van der Waals surface area (Å²) in [4.78, 5) is 4.65. The second-order valence-corrected chi connectivity index (χ2v) is 5.13. The highest BCUT2D eigenvalue weighted by Gasteiger charge is 2.08. The SMILES string of the molecule is [AlH2-][O]c1ccccc1-c1nc2ccccc2s1. The number of fused-ring (bicyclic) bond motifs is 1. The molecule has 0 saturated heterocycles. The Morgan fingerprint density at radius 1 is 1.00 bits per heavy atom. The molecule has 3 rings (SSSR count). The van der Waals surface area contributed by atoms with Crippen LogP contribution in [0.4, 0.5) is 0 Å². The molecule has 1 radical (unpaired) electrons. The van der Waals surface area contributed by atoms with Gasteiger partial charge in [0.05, 0.1) is 16.0 Å². The second kappa shape index (κ2) is 4.50. The van der Waals surface area contributed by atoms with Crippen LogP contribution >= 0.6 is 11.3 Å². The van der Waals surface area contributed by atoms with Crippen molar-refractivity contribution in [2.24, 2.45) is 0 Å². The number of thiazole rings is 1. The minimum Gasteiger partial charge on any atom is -0.820 e. The lowest BCUT2D eigenvalue weighted by molar-refractivity contribution is 0.618. The van der Waals surface area contributed by atoms with Crippen LogP contribution in [0.25, 0.3) is 20.8 Å². The third-order valence-electron chi connectivity index (χ3n) is 2.63. The zero-order valence-electron chi connectivity index (χ0n) is 9.38. The summed E-state index contributed by atoms with van der Waals surface area (Å²) >= 11 is 2.40. The Balaban J connectivity index is 2.20. The number of rotatable bonds is 2. The molecule has 0 N–H and O–H groups in total. The Morgan fingerprint density at radius 3 is 2.59 bits per heavy atom. The third kappa shape index (κ3) is 1.96. The molecule has 0 fully saturated rings. The molecule has 0 aliphatic heterocycles. The summed E-state index contributed by atoms with van der Waals surface area (Å²) in [5, 5.41) is 1.03. The average molecular weight is 255 g/mol. The fourth-order valence-corrected chi connectivity index (χ4v) is 3.16. The van der Waals surface area contributed by atoms with Gasteiger partial charge in [-0.1, -0.05) is 24.3 Å². The summed E-state index contributed by atoms with van der Waals surface area (Å²) in [6.07, 6.45) is 0. The largest absolute Gasteiger partial charge is 0.820 e. The standard InChI is InChI=1S/C13H9NOS.Al.2H/c15-11-7-3-1-5-9(11)13-14-10-6-2-4-8-12(10)16-13;;;/h1-8,15H;;;/p-1. The van der Waals surface area contributed by atoms with Crippen LogP contribution < -0.4 is 3.79 Å². The fourth-order valence-electron chi connectivity index (χ4n) is 1.81. The molecule has 2 nitrogen and oxygen atoms in total. The van der Waals surface area contributed by atoms with Crippen molar-refractivity contribution in [2.75, 3.05) is 0 Å². The number of aromatic nitrogens is 1. The zero-order valence-corrected chi connectivity index (χ0v) is 12.2. The van der Waals surface area contributed by atoms with Crippen molar-refractivity contribution in [3.8, 4) is 16.3 Å². The Morgan fingerprint density at radius 2 is 1.76 bits per heavy atom. The highest BCUT2D eigenvalue weighted by atomic mass is 32.1. The average Bonchev–Trinajstić information content (AvgIpc) is 2.82. The van der Waals surface area contributed by atoms with E-state index in [1.807, 2.05) is 36.4 Å². The zero-order chi connectivity index (χ0) is 11.7. The van der Waals surface area contributed by atoms with Gasteiger partial charge in [0.25, 0.3) is 0 Å². The van der Waals surface area contributed by atoms with Gasteiger partial charge in [-0.05, 0) is 24.3 Å². The predicted molar refractivity (Wildman–Crippen MR) is 74.2 cm³/mol. The van der Waals surface area contributed by atoms with Gasteiger partial charge in [0.15, 0.2) is 16.6 Å². The van der Waals surface area contributed by atoms with Gasteiger partial charge in [-0.15, -0.1) is 11.3 Å². The van der Waals surface area contributed by atoms with Crippen molar-refractivity contribution in [3.63, 3.8) is 0 Å². The van der Waals surface area contributed by atoms with Crippen LogP contribution in [0.1, 0.15) is 0 Å². The van der Waals surface area contributed by atoms with E-state index in [1.54, 1.807) is 11.3 Å². The summed E-state index contributed by atoms with van der Waals surface area (Å²) in [6.45, 7) is 0. The highest BCUT2D eigenvalue weighted by molar-refractivity contribution is 7.21. The molecule has 17 heavy (non-hydrogen) atoms. The van der Waals surface area contributed by atoms with Gasteiger partial charge >= 0.3 is 0 Å². The number of benzene rings is 2.